The highest BCUT2D eigenvalue weighted by Crippen LogP contribution is 2.47. The van der Waals surface area contributed by atoms with Crippen molar-refractivity contribution in [3.8, 4) is 22.6 Å². The lowest BCUT2D eigenvalue weighted by molar-refractivity contribution is 0.620. The number of thiophene rings is 1. The first kappa shape index (κ1) is 25.8. The van der Waals surface area contributed by atoms with Gasteiger partial charge in [0.25, 0.3) is 0 Å². The van der Waals surface area contributed by atoms with E-state index in [1.807, 2.05) is 41.7 Å². The fourth-order valence-electron chi connectivity index (χ4n) is 6.39. The minimum absolute atomic E-state index is 0.611. The molecule has 0 saturated heterocycles. The Morgan fingerprint density at radius 2 is 1.18 bits per heavy atom. The maximum Gasteiger partial charge on any atom is 0.227 e. The largest absolute Gasteiger partial charge is 0.434 e. The molecule has 2 heterocycles. The summed E-state index contributed by atoms with van der Waals surface area (Å²) in [5.74, 6) is 0.611. The topological polar surface area (TPSA) is 29.3 Å². The Labute approximate surface area is 264 Å². The summed E-state index contributed by atoms with van der Waals surface area (Å²) >= 11 is 1.83. The molecule has 0 aliphatic heterocycles. The Kier molecular flexibility index (Phi) is 6.00. The third-order valence-corrected chi connectivity index (χ3v) is 9.61. The summed E-state index contributed by atoms with van der Waals surface area (Å²) in [4.78, 5) is 7.46. The average Bonchev–Trinajstić information content (AvgIpc) is 3.72. The number of rotatable bonds is 5. The second-order valence-corrected chi connectivity index (χ2v) is 12.3. The van der Waals surface area contributed by atoms with Crippen molar-refractivity contribution in [2.75, 3.05) is 4.90 Å². The molecule has 0 bridgehead atoms. The smallest absolute Gasteiger partial charge is 0.227 e. The molecule has 0 saturated carbocycles. The highest BCUT2D eigenvalue weighted by molar-refractivity contribution is 7.25. The maximum absolute atomic E-state index is 6.75. The van der Waals surface area contributed by atoms with Crippen LogP contribution in [0.25, 0.3) is 64.6 Å². The van der Waals surface area contributed by atoms with Crippen molar-refractivity contribution in [3.63, 3.8) is 0 Å². The Morgan fingerprint density at radius 1 is 0.511 bits per heavy atom. The zero-order chi connectivity index (χ0) is 29.7. The highest BCUT2D eigenvalue weighted by atomic mass is 32.1. The Morgan fingerprint density at radius 3 is 2.02 bits per heavy atom. The fourth-order valence-corrected chi connectivity index (χ4v) is 7.53. The summed E-state index contributed by atoms with van der Waals surface area (Å²) in [6, 6.07) is 55.5. The maximum atomic E-state index is 6.75. The van der Waals surface area contributed by atoms with E-state index >= 15 is 0 Å². The zero-order valence-electron chi connectivity index (χ0n) is 24.2. The van der Waals surface area contributed by atoms with Crippen LogP contribution in [0.4, 0.5) is 17.1 Å². The molecule has 0 fully saturated rings. The second kappa shape index (κ2) is 10.5. The fraction of sp³-hybridized carbons (Fsp3) is 0. The van der Waals surface area contributed by atoms with Crippen LogP contribution < -0.4 is 4.90 Å². The molecule has 3 nitrogen and oxygen atoms in total. The van der Waals surface area contributed by atoms with Crippen LogP contribution in [0.3, 0.4) is 0 Å². The van der Waals surface area contributed by atoms with E-state index in [9.17, 15) is 0 Å². The molecule has 9 aromatic rings. The molecule has 4 heteroatoms. The van der Waals surface area contributed by atoms with Gasteiger partial charge < -0.3 is 9.32 Å². The predicted molar refractivity (Wildman–Crippen MR) is 190 cm³/mol. The highest BCUT2D eigenvalue weighted by Gasteiger charge is 2.24. The molecular weight excluding hydrogens is 569 g/mol. The molecule has 9 rings (SSSR count). The van der Waals surface area contributed by atoms with E-state index in [1.165, 1.54) is 20.2 Å². The molecule has 2 aromatic heterocycles. The second-order valence-electron chi connectivity index (χ2n) is 11.2. The van der Waals surface area contributed by atoms with Crippen LogP contribution in [0.5, 0.6) is 0 Å². The van der Waals surface area contributed by atoms with Crippen LogP contribution in [0, 0.1) is 0 Å². The van der Waals surface area contributed by atoms with Crippen LogP contribution in [0.2, 0.25) is 0 Å². The molecule has 0 aliphatic carbocycles. The molecule has 7 aromatic carbocycles. The van der Waals surface area contributed by atoms with Gasteiger partial charge in [-0.3, -0.25) is 0 Å². The van der Waals surface area contributed by atoms with Gasteiger partial charge in [0.2, 0.25) is 5.89 Å². The Hall–Kier alpha value is -5.71. The number of benzene rings is 7. The molecule has 212 valence electrons. The van der Waals surface area contributed by atoms with E-state index in [1.54, 1.807) is 0 Å². The summed E-state index contributed by atoms with van der Waals surface area (Å²) < 4.78 is 9.28. The van der Waals surface area contributed by atoms with Crippen LogP contribution in [-0.4, -0.2) is 4.98 Å². The van der Waals surface area contributed by atoms with E-state index < -0.39 is 0 Å². The standard InChI is InChI=1S/C41H26N2OS/c1-3-13-27(14-4-1)31-18-9-11-21-35(31)43(30-23-24-34-33-20-10-12-22-37(33)45-38(34)26-30)36-25-29-17-7-8-19-32(29)39-40(36)44-41(42-39)28-15-5-2-6-16-28/h1-26H. The van der Waals surface area contributed by atoms with E-state index in [4.69, 9.17) is 9.40 Å². The number of oxazole rings is 1. The first-order valence-corrected chi connectivity index (χ1v) is 15.9. The van der Waals surface area contributed by atoms with Gasteiger partial charge in [-0.2, -0.15) is 0 Å². The van der Waals surface area contributed by atoms with Crippen molar-refractivity contribution >= 4 is 70.4 Å². The third-order valence-electron chi connectivity index (χ3n) is 8.48. The molecule has 0 unspecified atom stereocenters. The lowest BCUT2D eigenvalue weighted by Gasteiger charge is -2.28. The summed E-state index contributed by atoms with van der Waals surface area (Å²) in [5.41, 5.74) is 7.93. The van der Waals surface area contributed by atoms with Crippen LogP contribution in [-0.2, 0) is 0 Å². The van der Waals surface area contributed by atoms with Crippen molar-refractivity contribution < 1.29 is 4.42 Å². The van der Waals surface area contributed by atoms with Gasteiger partial charge in [-0.05, 0) is 53.4 Å². The molecular formula is C41H26N2OS. The van der Waals surface area contributed by atoms with Crippen molar-refractivity contribution in [2.45, 2.75) is 0 Å². The van der Waals surface area contributed by atoms with Gasteiger partial charge in [0.05, 0.1) is 11.4 Å². The summed E-state index contributed by atoms with van der Waals surface area (Å²) in [6.07, 6.45) is 0. The summed E-state index contributed by atoms with van der Waals surface area (Å²) in [6.45, 7) is 0. The van der Waals surface area contributed by atoms with Crippen molar-refractivity contribution in [2.24, 2.45) is 0 Å². The number of nitrogens with zero attached hydrogens (tertiary/aromatic N) is 2. The van der Waals surface area contributed by atoms with E-state index in [-0.39, 0.29) is 0 Å². The normalized spacial score (nSPS) is 11.6. The molecule has 0 atom stereocenters. The van der Waals surface area contributed by atoms with Gasteiger partial charge in [-0.15, -0.1) is 11.3 Å². The zero-order valence-corrected chi connectivity index (χ0v) is 25.0. The minimum atomic E-state index is 0.611. The van der Waals surface area contributed by atoms with Gasteiger partial charge in [-0.25, -0.2) is 4.98 Å². The monoisotopic (exact) mass is 594 g/mol. The lowest BCUT2D eigenvalue weighted by atomic mass is 10.0. The molecule has 0 N–H and O–H groups in total. The molecule has 0 aliphatic rings. The lowest BCUT2D eigenvalue weighted by Crippen LogP contribution is -2.11. The quantitative estimate of drug-likeness (QED) is 0.198. The van der Waals surface area contributed by atoms with Gasteiger partial charge in [0.15, 0.2) is 5.58 Å². The number of fused-ring (bicyclic) bond motifs is 6. The van der Waals surface area contributed by atoms with Gasteiger partial charge >= 0.3 is 0 Å². The molecule has 45 heavy (non-hydrogen) atoms. The Bertz CT molecular complexity index is 2500. The van der Waals surface area contributed by atoms with Crippen molar-refractivity contribution in [1.29, 1.82) is 0 Å². The first-order valence-electron chi connectivity index (χ1n) is 15.1. The summed E-state index contributed by atoms with van der Waals surface area (Å²) in [5, 5.41) is 4.73. The number of hydrogen-bond donors (Lipinski definition) is 0. The van der Waals surface area contributed by atoms with Crippen LogP contribution in [0.1, 0.15) is 0 Å². The molecule has 0 spiro atoms. The van der Waals surface area contributed by atoms with E-state index in [0.717, 1.165) is 55.6 Å². The van der Waals surface area contributed by atoms with Crippen molar-refractivity contribution in [3.05, 3.63) is 158 Å². The number of anilines is 3. The van der Waals surface area contributed by atoms with Crippen LogP contribution in [0.15, 0.2) is 162 Å². The van der Waals surface area contributed by atoms with Gasteiger partial charge in [0, 0.05) is 42.4 Å². The van der Waals surface area contributed by atoms with Crippen LogP contribution >= 0.6 is 11.3 Å². The molecule has 0 radical (unpaired) electrons. The number of hydrogen-bond acceptors (Lipinski definition) is 4. The van der Waals surface area contributed by atoms with Crippen molar-refractivity contribution in [1.82, 2.24) is 4.98 Å². The number of para-hydroxylation sites is 1. The van der Waals surface area contributed by atoms with E-state index in [2.05, 4.69) is 132 Å². The van der Waals surface area contributed by atoms with E-state index in [0.29, 0.717) is 5.89 Å². The average molecular weight is 595 g/mol. The molecule has 0 amide bonds. The minimum Gasteiger partial charge on any atom is -0.434 e. The number of aromatic nitrogens is 1. The third kappa shape index (κ3) is 4.30. The first-order chi connectivity index (χ1) is 22.3. The van der Waals surface area contributed by atoms with Gasteiger partial charge in [0.1, 0.15) is 5.52 Å². The van der Waals surface area contributed by atoms with Gasteiger partial charge in [-0.1, -0.05) is 115 Å². The summed E-state index contributed by atoms with van der Waals surface area (Å²) in [7, 11) is 0. The SMILES string of the molecule is c1ccc(-c2nc3c(o2)c(N(c2ccc4c(c2)sc2ccccc24)c2ccccc2-c2ccccc2)cc2ccccc23)cc1. The Balaban J connectivity index is 1.37. The predicted octanol–water partition coefficient (Wildman–Crippen LogP) is 12.2.